The lowest BCUT2D eigenvalue weighted by Gasteiger charge is -2.30. The molecule has 1 N–H and O–H groups in total. The summed E-state index contributed by atoms with van der Waals surface area (Å²) < 4.78 is 10.2. The van der Waals surface area contributed by atoms with Crippen LogP contribution in [-0.2, 0) is 14.3 Å². The Hall–Kier alpha value is -2.08. The van der Waals surface area contributed by atoms with Gasteiger partial charge in [0, 0.05) is 25.4 Å². The zero-order valence-corrected chi connectivity index (χ0v) is 12.5. The molecule has 0 bridgehead atoms. The summed E-state index contributed by atoms with van der Waals surface area (Å²) in [6, 6.07) is 5.27. The predicted octanol–water partition coefficient (Wildman–Crippen LogP) is 1.65. The third-order valence-corrected chi connectivity index (χ3v) is 3.01. The van der Waals surface area contributed by atoms with Gasteiger partial charge in [0.2, 0.25) is 5.91 Å². The second-order valence-electron chi connectivity index (χ2n) is 5.35. The fourth-order valence-corrected chi connectivity index (χ4v) is 2.18. The maximum atomic E-state index is 12.0. The van der Waals surface area contributed by atoms with Crippen molar-refractivity contribution in [3.05, 3.63) is 18.2 Å². The minimum atomic E-state index is -0.233. The molecule has 0 aliphatic carbocycles. The normalized spacial score (nSPS) is 13.9. The number of hydrogen-bond donors (Lipinski definition) is 1. The summed E-state index contributed by atoms with van der Waals surface area (Å²) in [6.07, 6.45) is 0. The number of nitrogens with one attached hydrogen (secondary N) is 1. The predicted molar refractivity (Wildman–Crippen MR) is 79.6 cm³/mol. The second kappa shape index (κ2) is 6.58. The molecule has 21 heavy (non-hydrogen) atoms. The van der Waals surface area contributed by atoms with Crippen molar-refractivity contribution in [3.63, 3.8) is 0 Å². The zero-order chi connectivity index (χ0) is 15.4. The average molecular weight is 292 g/mol. The monoisotopic (exact) mass is 292 g/mol. The van der Waals surface area contributed by atoms with Crippen LogP contribution in [0.5, 0.6) is 5.75 Å². The highest BCUT2D eigenvalue weighted by atomic mass is 16.5. The number of rotatable bonds is 5. The van der Waals surface area contributed by atoms with Crippen LogP contribution in [0.3, 0.4) is 0 Å². The first-order valence-electron chi connectivity index (χ1n) is 6.87. The Labute approximate surface area is 124 Å². The fraction of sp³-hybridized carbons (Fsp3) is 0.467. The molecule has 0 aromatic heterocycles. The van der Waals surface area contributed by atoms with Crippen LogP contribution in [0.15, 0.2) is 18.2 Å². The van der Waals surface area contributed by atoms with Crippen LogP contribution in [0.4, 0.5) is 11.4 Å². The first-order chi connectivity index (χ1) is 10.0. The van der Waals surface area contributed by atoms with Gasteiger partial charge in [0.05, 0.1) is 5.69 Å². The molecule has 2 rings (SSSR count). The van der Waals surface area contributed by atoms with Crippen LogP contribution in [0.2, 0.25) is 0 Å². The van der Waals surface area contributed by atoms with E-state index in [2.05, 4.69) is 19.2 Å². The number of nitrogens with zero attached hydrogens (tertiary/aromatic N) is 1. The molecule has 0 unspecified atom stereocenters. The quantitative estimate of drug-likeness (QED) is 0.896. The van der Waals surface area contributed by atoms with Crippen molar-refractivity contribution in [2.45, 2.75) is 13.8 Å². The van der Waals surface area contributed by atoms with Crippen LogP contribution in [0.25, 0.3) is 0 Å². The number of ether oxygens (including phenoxy) is 2. The van der Waals surface area contributed by atoms with Crippen LogP contribution in [0.1, 0.15) is 13.8 Å². The van der Waals surface area contributed by atoms with Crippen molar-refractivity contribution in [1.82, 2.24) is 0 Å². The summed E-state index contributed by atoms with van der Waals surface area (Å²) >= 11 is 0. The molecule has 1 heterocycles. The second-order valence-corrected chi connectivity index (χ2v) is 5.35. The number of anilines is 2. The molecule has 0 atom stereocenters. The van der Waals surface area contributed by atoms with Crippen molar-refractivity contribution in [2.24, 2.45) is 5.92 Å². The smallest absolute Gasteiger partial charge is 0.265 e. The number of hydrogen-bond acceptors (Lipinski definition) is 4. The van der Waals surface area contributed by atoms with Gasteiger partial charge in [-0.3, -0.25) is 9.59 Å². The van der Waals surface area contributed by atoms with Gasteiger partial charge < -0.3 is 19.7 Å². The number of fused-ring (bicyclic) bond motifs is 1. The minimum Gasteiger partial charge on any atom is -0.481 e. The van der Waals surface area contributed by atoms with E-state index in [0.717, 1.165) is 5.69 Å². The highest BCUT2D eigenvalue weighted by Gasteiger charge is 2.26. The van der Waals surface area contributed by atoms with Gasteiger partial charge in [-0.1, -0.05) is 13.8 Å². The van der Waals surface area contributed by atoms with E-state index in [1.54, 1.807) is 23.1 Å². The Morgan fingerprint density at radius 2 is 2.24 bits per heavy atom. The minimum absolute atomic E-state index is 0.00407. The summed E-state index contributed by atoms with van der Waals surface area (Å²) in [5, 5.41) is 2.71. The van der Waals surface area contributed by atoms with E-state index in [9.17, 15) is 9.59 Å². The fourth-order valence-electron chi connectivity index (χ4n) is 2.18. The first kappa shape index (κ1) is 15.3. The van der Waals surface area contributed by atoms with Crippen LogP contribution < -0.4 is 15.0 Å². The van der Waals surface area contributed by atoms with Crippen molar-refractivity contribution in [3.8, 4) is 5.75 Å². The van der Waals surface area contributed by atoms with Gasteiger partial charge in [0.1, 0.15) is 12.4 Å². The number of methoxy groups -OCH3 is 1. The molecule has 114 valence electrons. The average Bonchev–Trinajstić information content (AvgIpc) is 2.42. The molecule has 0 radical (unpaired) electrons. The van der Waals surface area contributed by atoms with E-state index in [0.29, 0.717) is 23.9 Å². The molecule has 1 aliphatic rings. The summed E-state index contributed by atoms with van der Waals surface area (Å²) in [5.74, 6) is 0.683. The van der Waals surface area contributed by atoms with Crippen molar-refractivity contribution in [2.75, 3.05) is 37.1 Å². The standard InChI is InChI=1S/C15H20N2O4/c1-10(2)7-17-12-5-4-11(16-14(18)8-20-3)6-13(12)21-9-15(17)19/h4-6,10H,7-9H2,1-3H3,(H,16,18). The van der Waals surface area contributed by atoms with Crippen LogP contribution in [-0.4, -0.2) is 38.7 Å². The molecule has 1 aromatic carbocycles. The molecule has 2 amide bonds. The molecule has 6 nitrogen and oxygen atoms in total. The van der Waals surface area contributed by atoms with E-state index < -0.39 is 0 Å². The van der Waals surface area contributed by atoms with E-state index in [1.807, 2.05) is 0 Å². The Bertz CT molecular complexity index is 542. The van der Waals surface area contributed by atoms with E-state index in [-0.39, 0.29) is 25.0 Å². The molecule has 0 fully saturated rings. The third kappa shape index (κ3) is 3.72. The van der Waals surface area contributed by atoms with E-state index in [4.69, 9.17) is 9.47 Å². The largest absolute Gasteiger partial charge is 0.481 e. The maximum absolute atomic E-state index is 12.0. The van der Waals surface area contributed by atoms with E-state index >= 15 is 0 Å². The molecular formula is C15H20N2O4. The Morgan fingerprint density at radius 3 is 2.90 bits per heavy atom. The lowest BCUT2D eigenvalue weighted by Crippen LogP contribution is -2.40. The van der Waals surface area contributed by atoms with Crippen LogP contribution in [0, 0.1) is 5.92 Å². The van der Waals surface area contributed by atoms with Gasteiger partial charge in [0.25, 0.3) is 5.91 Å². The zero-order valence-electron chi connectivity index (χ0n) is 12.5. The Balaban J connectivity index is 2.20. The maximum Gasteiger partial charge on any atom is 0.265 e. The SMILES string of the molecule is COCC(=O)Nc1ccc2c(c1)OCC(=O)N2CC(C)C. The lowest BCUT2D eigenvalue weighted by molar-refractivity contribution is -0.121. The van der Waals surface area contributed by atoms with Crippen molar-refractivity contribution in [1.29, 1.82) is 0 Å². The molecule has 0 saturated carbocycles. The number of amides is 2. The van der Waals surface area contributed by atoms with Crippen molar-refractivity contribution >= 4 is 23.2 Å². The summed E-state index contributed by atoms with van der Waals surface area (Å²) in [5.41, 5.74) is 1.36. The molecule has 0 spiro atoms. The number of carbonyl (C=O) groups is 2. The van der Waals surface area contributed by atoms with Crippen LogP contribution >= 0.6 is 0 Å². The van der Waals surface area contributed by atoms with Gasteiger partial charge >= 0.3 is 0 Å². The number of benzene rings is 1. The first-order valence-corrected chi connectivity index (χ1v) is 6.87. The molecule has 1 aliphatic heterocycles. The van der Waals surface area contributed by atoms with Crippen molar-refractivity contribution < 1.29 is 19.1 Å². The molecular weight excluding hydrogens is 272 g/mol. The Morgan fingerprint density at radius 1 is 1.48 bits per heavy atom. The highest BCUT2D eigenvalue weighted by molar-refractivity contribution is 5.99. The van der Waals surface area contributed by atoms with Gasteiger partial charge in [-0.25, -0.2) is 0 Å². The summed E-state index contributed by atoms with van der Waals surface area (Å²) in [6.45, 7) is 4.78. The molecule has 6 heteroatoms. The molecule has 1 aromatic rings. The van der Waals surface area contributed by atoms with Gasteiger partial charge in [-0.2, -0.15) is 0 Å². The summed E-state index contributed by atoms with van der Waals surface area (Å²) in [4.78, 5) is 25.2. The summed E-state index contributed by atoms with van der Waals surface area (Å²) in [7, 11) is 1.46. The number of carbonyl (C=O) groups excluding carboxylic acids is 2. The topological polar surface area (TPSA) is 67.9 Å². The van der Waals surface area contributed by atoms with Gasteiger partial charge in [0.15, 0.2) is 6.61 Å². The van der Waals surface area contributed by atoms with Gasteiger partial charge in [-0.05, 0) is 18.1 Å². The lowest BCUT2D eigenvalue weighted by atomic mass is 10.1. The highest BCUT2D eigenvalue weighted by Crippen LogP contribution is 2.34. The third-order valence-electron chi connectivity index (χ3n) is 3.01. The Kier molecular flexibility index (Phi) is 4.80. The van der Waals surface area contributed by atoms with Gasteiger partial charge in [-0.15, -0.1) is 0 Å². The van der Waals surface area contributed by atoms with E-state index in [1.165, 1.54) is 7.11 Å². The molecule has 0 saturated heterocycles.